The molecule has 23 heavy (non-hydrogen) atoms. The monoisotopic (exact) mass is 330 g/mol. The van der Waals surface area contributed by atoms with Crippen LogP contribution in [0.15, 0.2) is 28.2 Å². The quantitative estimate of drug-likeness (QED) is 0.850. The highest BCUT2D eigenvalue weighted by atomic mass is 32.1. The lowest BCUT2D eigenvalue weighted by Crippen LogP contribution is -2.50. The Kier molecular flexibility index (Phi) is 4.21. The number of hydrogen-bond donors (Lipinski definition) is 0. The van der Waals surface area contributed by atoms with Crippen LogP contribution in [0.25, 0.3) is 10.8 Å². The molecule has 0 spiro atoms. The van der Waals surface area contributed by atoms with Crippen LogP contribution in [0.5, 0.6) is 0 Å². The number of hydrogen-bond acceptors (Lipinski definition) is 4. The SMILES string of the molecule is O=C(Cc1csc(-c2ccco2)n1)N1CCC[C@H]2CCCC[C@H]21. The summed E-state index contributed by atoms with van der Waals surface area (Å²) in [5, 5.41) is 2.84. The predicted octanol–water partition coefficient (Wildman–Crippen LogP) is 4.13. The molecule has 2 aliphatic rings. The fourth-order valence-corrected chi connectivity index (χ4v) is 4.88. The first-order chi connectivity index (χ1) is 11.3. The number of rotatable bonds is 3. The maximum absolute atomic E-state index is 12.8. The van der Waals surface area contributed by atoms with Gasteiger partial charge in [-0.05, 0) is 43.7 Å². The Morgan fingerprint density at radius 1 is 1.30 bits per heavy atom. The molecule has 0 N–H and O–H groups in total. The van der Waals surface area contributed by atoms with Gasteiger partial charge >= 0.3 is 0 Å². The molecule has 1 saturated carbocycles. The number of piperidine rings is 1. The molecule has 0 unspecified atom stereocenters. The number of amides is 1. The summed E-state index contributed by atoms with van der Waals surface area (Å²) in [5.74, 6) is 1.76. The van der Waals surface area contributed by atoms with E-state index in [0.717, 1.165) is 35.3 Å². The summed E-state index contributed by atoms with van der Waals surface area (Å²) in [6.45, 7) is 0.926. The number of carbonyl (C=O) groups is 1. The fourth-order valence-electron chi connectivity index (χ4n) is 4.09. The Bertz CT molecular complexity index is 662. The molecule has 122 valence electrons. The molecule has 2 atom stereocenters. The molecular weight excluding hydrogens is 308 g/mol. The van der Waals surface area contributed by atoms with Gasteiger partial charge < -0.3 is 9.32 Å². The predicted molar refractivity (Wildman–Crippen MR) is 90.2 cm³/mol. The van der Waals surface area contributed by atoms with Gasteiger partial charge in [-0.3, -0.25) is 4.79 Å². The summed E-state index contributed by atoms with van der Waals surface area (Å²) < 4.78 is 5.38. The van der Waals surface area contributed by atoms with Gasteiger partial charge in [-0.15, -0.1) is 11.3 Å². The van der Waals surface area contributed by atoms with Crippen LogP contribution >= 0.6 is 11.3 Å². The van der Waals surface area contributed by atoms with Gasteiger partial charge in [0.25, 0.3) is 0 Å². The van der Waals surface area contributed by atoms with Crippen LogP contribution in [0.4, 0.5) is 0 Å². The van der Waals surface area contributed by atoms with Crippen LogP contribution in [0, 0.1) is 5.92 Å². The van der Waals surface area contributed by atoms with Gasteiger partial charge in [0.2, 0.25) is 5.91 Å². The highest BCUT2D eigenvalue weighted by Gasteiger charge is 2.35. The molecule has 1 aliphatic heterocycles. The minimum absolute atomic E-state index is 0.248. The first-order valence-electron chi connectivity index (χ1n) is 8.59. The molecule has 4 rings (SSSR count). The number of furan rings is 1. The molecule has 2 aromatic heterocycles. The number of nitrogens with zero attached hydrogens (tertiary/aromatic N) is 2. The molecule has 1 amide bonds. The number of thiazole rings is 1. The van der Waals surface area contributed by atoms with E-state index in [1.807, 2.05) is 17.5 Å². The molecule has 0 radical (unpaired) electrons. The molecule has 3 heterocycles. The molecule has 1 aliphatic carbocycles. The third kappa shape index (κ3) is 3.07. The van der Waals surface area contributed by atoms with E-state index in [4.69, 9.17) is 4.42 Å². The molecule has 4 nitrogen and oxygen atoms in total. The van der Waals surface area contributed by atoms with Crippen LogP contribution in [0.1, 0.15) is 44.2 Å². The van der Waals surface area contributed by atoms with Gasteiger partial charge in [-0.2, -0.15) is 0 Å². The highest BCUT2D eigenvalue weighted by molar-refractivity contribution is 7.13. The zero-order valence-electron chi connectivity index (χ0n) is 13.2. The molecule has 0 aromatic carbocycles. The average molecular weight is 330 g/mol. The average Bonchev–Trinajstić information content (AvgIpc) is 3.25. The normalized spacial score (nSPS) is 24.4. The van der Waals surface area contributed by atoms with Crippen molar-refractivity contribution in [3.8, 4) is 10.8 Å². The number of likely N-dealkylation sites (tertiary alicyclic amines) is 1. The van der Waals surface area contributed by atoms with Gasteiger partial charge in [-0.1, -0.05) is 12.8 Å². The minimum atomic E-state index is 0.248. The van der Waals surface area contributed by atoms with Crippen molar-refractivity contribution >= 4 is 17.2 Å². The van der Waals surface area contributed by atoms with Crippen molar-refractivity contribution < 1.29 is 9.21 Å². The van der Waals surface area contributed by atoms with Gasteiger partial charge in [0, 0.05) is 18.0 Å². The second-order valence-electron chi connectivity index (χ2n) is 6.64. The zero-order chi connectivity index (χ0) is 15.6. The molecule has 5 heteroatoms. The summed E-state index contributed by atoms with van der Waals surface area (Å²) in [6, 6.07) is 4.24. The third-order valence-corrected chi connectivity index (χ3v) is 6.09. The van der Waals surface area contributed by atoms with E-state index < -0.39 is 0 Å². The first kappa shape index (κ1) is 14.9. The summed E-state index contributed by atoms with van der Waals surface area (Å²) in [6.07, 6.45) is 9.61. The van der Waals surface area contributed by atoms with E-state index in [1.54, 1.807) is 17.6 Å². The van der Waals surface area contributed by atoms with E-state index >= 15 is 0 Å². The molecule has 0 bridgehead atoms. The second kappa shape index (κ2) is 6.48. The number of fused-ring (bicyclic) bond motifs is 1. The summed E-state index contributed by atoms with van der Waals surface area (Å²) >= 11 is 1.54. The third-order valence-electron chi connectivity index (χ3n) is 5.18. The first-order valence-corrected chi connectivity index (χ1v) is 9.47. The van der Waals surface area contributed by atoms with E-state index in [0.29, 0.717) is 12.5 Å². The van der Waals surface area contributed by atoms with E-state index in [2.05, 4.69) is 9.88 Å². The van der Waals surface area contributed by atoms with Crippen molar-refractivity contribution in [2.24, 2.45) is 5.92 Å². The van der Waals surface area contributed by atoms with Crippen molar-refractivity contribution in [3.63, 3.8) is 0 Å². The van der Waals surface area contributed by atoms with Crippen LogP contribution in [0.2, 0.25) is 0 Å². The minimum Gasteiger partial charge on any atom is -0.462 e. The second-order valence-corrected chi connectivity index (χ2v) is 7.50. The number of carbonyl (C=O) groups excluding carboxylic acids is 1. The Hall–Kier alpha value is -1.62. The topological polar surface area (TPSA) is 46.3 Å². The number of aromatic nitrogens is 1. The van der Waals surface area contributed by atoms with Crippen molar-refractivity contribution in [3.05, 3.63) is 29.5 Å². The van der Waals surface area contributed by atoms with Gasteiger partial charge in [0.05, 0.1) is 18.4 Å². The molecule has 2 aromatic rings. The molecule has 1 saturated heterocycles. The summed E-state index contributed by atoms with van der Waals surface area (Å²) in [7, 11) is 0. The fraction of sp³-hybridized carbons (Fsp3) is 0.556. The van der Waals surface area contributed by atoms with Crippen LogP contribution in [0.3, 0.4) is 0 Å². The maximum atomic E-state index is 12.8. The van der Waals surface area contributed by atoms with E-state index in [1.165, 1.54) is 32.1 Å². The van der Waals surface area contributed by atoms with Crippen LogP contribution < -0.4 is 0 Å². The van der Waals surface area contributed by atoms with E-state index in [9.17, 15) is 4.79 Å². The van der Waals surface area contributed by atoms with Crippen molar-refractivity contribution in [1.29, 1.82) is 0 Å². The lowest BCUT2D eigenvalue weighted by molar-refractivity contribution is -0.136. The highest BCUT2D eigenvalue weighted by Crippen LogP contribution is 2.35. The largest absolute Gasteiger partial charge is 0.462 e. The Morgan fingerprint density at radius 3 is 3.04 bits per heavy atom. The smallest absolute Gasteiger partial charge is 0.228 e. The van der Waals surface area contributed by atoms with Crippen molar-refractivity contribution in [2.45, 2.75) is 51.0 Å². The Balaban J connectivity index is 1.45. The maximum Gasteiger partial charge on any atom is 0.228 e. The standard InChI is InChI=1S/C18H22N2O2S/c21-17(20-9-3-6-13-5-1-2-7-15(13)20)11-14-12-23-18(19-14)16-8-4-10-22-16/h4,8,10,12-13,15H,1-3,5-7,9,11H2/t13-,15-/m1/s1. The van der Waals surface area contributed by atoms with Crippen molar-refractivity contribution in [2.75, 3.05) is 6.54 Å². The van der Waals surface area contributed by atoms with Gasteiger partial charge in [0.1, 0.15) is 0 Å². The van der Waals surface area contributed by atoms with Crippen LogP contribution in [-0.2, 0) is 11.2 Å². The lowest BCUT2D eigenvalue weighted by atomic mass is 9.78. The Labute approximate surface area is 140 Å². The molecular formula is C18H22N2O2S. The van der Waals surface area contributed by atoms with Gasteiger partial charge in [0.15, 0.2) is 10.8 Å². The van der Waals surface area contributed by atoms with E-state index in [-0.39, 0.29) is 5.91 Å². The Morgan fingerprint density at radius 2 is 2.17 bits per heavy atom. The van der Waals surface area contributed by atoms with Crippen LogP contribution in [-0.4, -0.2) is 28.4 Å². The molecule has 2 fully saturated rings. The van der Waals surface area contributed by atoms with Crippen molar-refractivity contribution in [1.82, 2.24) is 9.88 Å². The summed E-state index contributed by atoms with van der Waals surface area (Å²) in [5.41, 5.74) is 0.865. The lowest BCUT2D eigenvalue weighted by Gasteiger charge is -2.44. The van der Waals surface area contributed by atoms with Gasteiger partial charge in [-0.25, -0.2) is 4.98 Å². The summed E-state index contributed by atoms with van der Waals surface area (Å²) in [4.78, 5) is 19.5. The zero-order valence-corrected chi connectivity index (χ0v) is 14.1.